The van der Waals surface area contributed by atoms with Gasteiger partial charge in [0.15, 0.2) is 0 Å². The van der Waals surface area contributed by atoms with Gasteiger partial charge in [-0.1, -0.05) is 17.7 Å². The SMILES string of the molecule is CCOC(=O)C(=O)C=C(O)c1c(C)cc(C)cc1C. The molecule has 1 rings (SSSR count). The summed E-state index contributed by atoms with van der Waals surface area (Å²) in [5.41, 5.74) is 3.34. The van der Waals surface area contributed by atoms with E-state index in [0.29, 0.717) is 5.56 Å². The maximum atomic E-state index is 11.5. The molecular formula is C15H18O4. The smallest absolute Gasteiger partial charge is 0.379 e. The summed E-state index contributed by atoms with van der Waals surface area (Å²) in [4.78, 5) is 22.7. The molecule has 0 heterocycles. The van der Waals surface area contributed by atoms with E-state index in [1.807, 2.05) is 32.9 Å². The van der Waals surface area contributed by atoms with Crippen LogP contribution in [0.15, 0.2) is 18.2 Å². The maximum absolute atomic E-state index is 11.5. The van der Waals surface area contributed by atoms with E-state index >= 15 is 0 Å². The summed E-state index contributed by atoms with van der Waals surface area (Å²) in [6.07, 6.45) is 0.905. The largest absolute Gasteiger partial charge is 0.507 e. The second-order valence-electron chi connectivity index (χ2n) is 4.39. The number of aryl methyl sites for hydroxylation is 3. The van der Waals surface area contributed by atoms with Crippen LogP contribution in [0.1, 0.15) is 29.2 Å². The fraction of sp³-hybridized carbons (Fsp3) is 0.333. The minimum absolute atomic E-state index is 0.127. The summed E-state index contributed by atoms with van der Waals surface area (Å²) < 4.78 is 4.58. The summed E-state index contributed by atoms with van der Waals surface area (Å²) in [7, 11) is 0. The highest BCUT2D eigenvalue weighted by molar-refractivity contribution is 6.39. The van der Waals surface area contributed by atoms with E-state index in [4.69, 9.17) is 0 Å². The van der Waals surface area contributed by atoms with Crippen molar-refractivity contribution >= 4 is 17.5 Å². The molecule has 0 aromatic heterocycles. The predicted octanol–water partition coefficient (Wildman–Crippen LogP) is 2.64. The van der Waals surface area contributed by atoms with E-state index in [1.54, 1.807) is 6.92 Å². The van der Waals surface area contributed by atoms with Crippen molar-refractivity contribution in [1.82, 2.24) is 0 Å². The van der Waals surface area contributed by atoms with Crippen LogP contribution in [0, 0.1) is 20.8 Å². The molecule has 1 aromatic carbocycles. The van der Waals surface area contributed by atoms with Crippen LogP contribution in [0.5, 0.6) is 0 Å². The molecule has 0 unspecified atom stereocenters. The third-order valence-corrected chi connectivity index (χ3v) is 2.68. The van der Waals surface area contributed by atoms with Gasteiger partial charge in [0.2, 0.25) is 0 Å². The van der Waals surface area contributed by atoms with Gasteiger partial charge in [-0.2, -0.15) is 0 Å². The van der Waals surface area contributed by atoms with E-state index in [0.717, 1.165) is 22.8 Å². The minimum Gasteiger partial charge on any atom is -0.507 e. The number of hydrogen-bond donors (Lipinski definition) is 1. The molecule has 0 aliphatic carbocycles. The Morgan fingerprint density at radius 1 is 1.21 bits per heavy atom. The highest BCUT2D eigenvalue weighted by Gasteiger charge is 2.15. The molecule has 19 heavy (non-hydrogen) atoms. The molecule has 0 amide bonds. The highest BCUT2D eigenvalue weighted by atomic mass is 16.5. The van der Waals surface area contributed by atoms with E-state index in [1.165, 1.54) is 0 Å². The van der Waals surface area contributed by atoms with Crippen LogP contribution in [-0.2, 0) is 14.3 Å². The van der Waals surface area contributed by atoms with Gasteiger partial charge >= 0.3 is 5.97 Å². The first kappa shape index (κ1) is 15.0. The minimum atomic E-state index is -0.962. The topological polar surface area (TPSA) is 63.6 Å². The lowest BCUT2D eigenvalue weighted by Gasteiger charge is -2.10. The van der Waals surface area contributed by atoms with Gasteiger partial charge in [0.1, 0.15) is 5.76 Å². The van der Waals surface area contributed by atoms with E-state index < -0.39 is 11.8 Å². The van der Waals surface area contributed by atoms with Gasteiger partial charge in [-0.05, 0) is 38.8 Å². The summed E-state index contributed by atoms with van der Waals surface area (Å²) >= 11 is 0. The normalized spacial score (nSPS) is 11.3. The average molecular weight is 262 g/mol. The van der Waals surface area contributed by atoms with Gasteiger partial charge in [0, 0.05) is 11.6 Å². The van der Waals surface area contributed by atoms with Crippen molar-refractivity contribution in [3.05, 3.63) is 40.5 Å². The van der Waals surface area contributed by atoms with Gasteiger partial charge in [0.25, 0.3) is 5.78 Å². The van der Waals surface area contributed by atoms with Gasteiger partial charge in [0.05, 0.1) is 6.61 Å². The van der Waals surface area contributed by atoms with Crippen LogP contribution in [-0.4, -0.2) is 23.5 Å². The Morgan fingerprint density at radius 3 is 2.21 bits per heavy atom. The molecule has 0 fully saturated rings. The molecule has 1 aromatic rings. The Bertz CT molecular complexity index is 518. The number of carbonyl (C=O) groups excluding carboxylic acids is 2. The van der Waals surface area contributed by atoms with Crippen molar-refractivity contribution < 1.29 is 19.4 Å². The lowest BCUT2D eigenvalue weighted by Crippen LogP contribution is -2.15. The lowest BCUT2D eigenvalue weighted by atomic mass is 9.98. The van der Waals surface area contributed by atoms with Crippen molar-refractivity contribution in [1.29, 1.82) is 0 Å². The first-order chi connectivity index (χ1) is 8.86. The van der Waals surface area contributed by atoms with Crippen LogP contribution >= 0.6 is 0 Å². The number of ketones is 1. The van der Waals surface area contributed by atoms with Gasteiger partial charge in [-0.15, -0.1) is 0 Å². The Kier molecular flexibility index (Phi) is 4.87. The Labute approximate surface area is 112 Å². The molecule has 0 aliphatic heterocycles. The van der Waals surface area contributed by atoms with Gasteiger partial charge < -0.3 is 9.84 Å². The zero-order valence-electron chi connectivity index (χ0n) is 11.6. The van der Waals surface area contributed by atoms with Crippen LogP contribution in [0.4, 0.5) is 0 Å². The van der Waals surface area contributed by atoms with Crippen LogP contribution < -0.4 is 0 Å². The zero-order chi connectivity index (χ0) is 14.6. The second kappa shape index (κ2) is 6.18. The average Bonchev–Trinajstić information content (AvgIpc) is 2.27. The fourth-order valence-corrected chi connectivity index (χ4v) is 2.04. The lowest BCUT2D eigenvalue weighted by molar-refractivity contribution is -0.151. The van der Waals surface area contributed by atoms with Crippen LogP contribution in [0.2, 0.25) is 0 Å². The monoisotopic (exact) mass is 262 g/mol. The third kappa shape index (κ3) is 3.68. The van der Waals surface area contributed by atoms with Crippen molar-refractivity contribution in [2.75, 3.05) is 6.61 Å². The number of aliphatic hydroxyl groups is 1. The highest BCUT2D eigenvalue weighted by Crippen LogP contribution is 2.22. The number of esters is 1. The predicted molar refractivity (Wildman–Crippen MR) is 72.9 cm³/mol. The van der Waals surface area contributed by atoms with Crippen molar-refractivity contribution in [2.24, 2.45) is 0 Å². The molecule has 0 aliphatic rings. The number of rotatable bonds is 4. The fourth-order valence-electron chi connectivity index (χ4n) is 2.04. The van der Waals surface area contributed by atoms with Crippen LogP contribution in [0.25, 0.3) is 5.76 Å². The summed E-state index contributed by atoms with van der Waals surface area (Å²) in [6.45, 7) is 7.38. The molecule has 4 nitrogen and oxygen atoms in total. The summed E-state index contributed by atoms with van der Waals surface area (Å²) in [5, 5.41) is 9.99. The summed E-state index contributed by atoms with van der Waals surface area (Å²) in [6, 6.07) is 3.81. The van der Waals surface area contributed by atoms with E-state index in [-0.39, 0.29) is 12.4 Å². The molecule has 0 saturated heterocycles. The molecule has 4 heteroatoms. The molecule has 0 bridgehead atoms. The first-order valence-electron chi connectivity index (χ1n) is 6.06. The second-order valence-corrected chi connectivity index (χ2v) is 4.39. The third-order valence-electron chi connectivity index (χ3n) is 2.68. The standard InChI is InChI=1S/C15H18O4/c1-5-19-15(18)13(17)8-12(16)14-10(3)6-9(2)7-11(14)4/h6-8,16H,5H2,1-4H3. The molecule has 0 spiro atoms. The molecule has 0 atom stereocenters. The molecule has 1 N–H and O–H groups in total. The van der Waals surface area contributed by atoms with Crippen molar-refractivity contribution in [2.45, 2.75) is 27.7 Å². The summed E-state index contributed by atoms with van der Waals surface area (Å²) in [5.74, 6) is -2.04. The van der Waals surface area contributed by atoms with Crippen molar-refractivity contribution in [3.8, 4) is 0 Å². The van der Waals surface area contributed by atoms with Crippen LogP contribution in [0.3, 0.4) is 0 Å². The van der Waals surface area contributed by atoms with E-state index in [9.17, 15) is 14.7 Å². The van der Waals surface area contributed by atoms with Gasteiger partial charge in [-0.3, -0.25) is 4.79 Å². The van der Waals surface area contributed by atoms with E-state index in [2.05, 4.69) is 4.74 Å². The van der Waals surface area contributed by atoms with Crippen molar-refractivity contribution in [3.63, 3.8) is 0 Å². The molecular weight excluding hydrogens is 244 g/mol. The Hall–Kier alpha value is -2.10. The number of benzene rings is 1. The molecule has 0 radical (unpaired) electrons. The number of ether oxygens (including phenoxy) is 1. The molecule has 0 saturated carbocycles. The number of hydrogen-bond acceptors (Lipinski definition) is 4. The number of carbonyl (C=O) groups is 2. The molecule has 102 valence electrons. The number of aliphatic hydroxyl groups excluding tert-OH is 1. The zero-order valence-corrected chi connectivity index (χ0v) is 11.6. The Balaban J connectivity index is 3.10. The first-order valence-corrected chi connectivity index (χ1v) is 6.06. The van der Waals surface area contributed by atoms with Gasteiger partial charge in [-0.25, -0.2) is 4.79 Å². The Morgan fingerprint density at radius 2 is 1.74 bits per heavy atom. The maximum Gasteiger partial charge on any atom is 0.379 e. The quantitative estimate of drug-likeness (QED) is 0.392.